The van der Waals surface area contributed by atoms with Crippen molar-refractivity contribution in [2.45, 2.75) is 26.1 Å². The molecule has 1 aliphatic rings. The summed E-state index contributed by atoms with van der Waals surface area (Å²) in [4.78, 5) is 44.5. The first-order valence-corrected chi connectivity index (χ1v) is 11.6. The van der Waals surface area contributed by atoms with Gasteiger partial charge < -0.3 is 40.9 Å². The maximum atomic E-state index is 11.4. The number of carbonyl (C=O) groups is 4. The van der Waals surface area contributed by atoms with E-state index in [-0.39, 0.29) is 17.4 Å². The number of rotatable bonds is 5. The lowest BCUT2D eigenvalue weighted by Crippen LogP contribution is -2.31. The van der Waals surface area contributed by atoms with Crippen LogP contribution in [0, 0.1) is 10.7 Å². The molecule has 12 nitrogen and oxygen atoms in total. The average Bonchev–Trinajstić information content (AvgIpc) is 2.95. The number of carbonyl (C=O) groups excluding carboxylic acids is 3. The van der Waals surface area contributed by atoms with Crippen LogP contribution >= 0.6 is 67.8 Å². The van der Waals surface area contributed by atoms with Gasteiger partial charge in [0.15, 0.2) is 11.9 Å². The van der Waals surface area contributed by atoms with Crippen molar-refractivity contribution < 1.29 is 49.4 Å². The molecule has 0 aliphatic carbocycles. The number of hydrogen-bond donors (Lipinski definition) is 7. The van der Waals surface area contributed by atoms with E-state index < -0.39 is 42.3 Å². The molecule has 0 aromatic heterocycles. The van der Waals surface area contributed by atoms with Crippen LogP contribution in [0.25, 0.3) is 0 Å². The number of nitrogens with one attached hydrogen (secondary N) is 2. The highest BCUT2D eigenvalue weighted by atomic mass is 127. The second kappa shape index (κ2) is 12.1. The molecule has 0 bridgehead atoms. The number of aliphatic hydroxyl groups excluding tert-OH is 4. The number of esters is 1. The zero-order valence-corrected chi connectivity index (χ0v) is 22.7. The molecule has 176 valence electrons. The summed E-state index contributed by atoms with van der Waals surface area (Å²) in [7, 11) is 0. The van der Waals surface area contributed by atoms with Crippen LogP contribution in [0.4, 0.5) is 11.4 Å². The van der Waals surface area contributed by atoms with E-state index in [0.717, 1.165) is 0 Å². The van der Waals surface area contributed by atoms with Crippen molar-refractivity contribution in [3.63, 3.8) is 0 Å². The maximum Gasteiger partial charge on any atom is 0.377 e. The largest absolute Gasteiger partial charge is 0.505 e. The van der Waals surface area contributed by atoms with E-state index in [4.69, 9.17) is 20.4 Å². The summed E-state index contributed by atoms with van der Waals surface area (Å²) in [6.07, 6.45) is -2.78. The number of cyclic esters (lactones) is 1. The molecular weight excluding hydrogens is 773 g/mol. The lowest BCUT2D eigenvalue weighted by molar-refractivity contribution is -0.147. The highest BCUT2D eigenvalue weighted by Crippen LogP contribution is 2.38. The minimum absolute atomic E-state index is 0.0547. The second-order valence-electron chi connectivity index (χ2n) is 6.04. The minimum Gasteiger partial charge on any atom is -0.505 e. The Labute approximate surface area is 221 Å². The molecule has 0 spiro atoms. The first-order valence-electron chi connectivity index (χ1n) is 8.35. The van der Waals surface area contributed by atoms with Crippen LogP contribution < -0.4 is 10.6 Å². The van der Waals surface area contributed by atoms with Crippen molar-refractivity contribution in [1.29, 1.82) is 0 Å². The molecule has 1 aliphatic heterocycles. The Balaban J connectivity index is 0.000000363. The minimum atomic E-state index is -1.42. The van der Waals surface area contributed by atoms with Crippen LogP contribution in [-0.4, -0.2) is 68.1 Å². The third-order valence-corrected chi connectivity index (χ3v) is 6.85. The number of ether oxygens (including phenoxy) is 1. The van der Waals surface area contributed by atoms with Crippen molar-refractivity contribution in [3.05, 3.63) is 27.8 Å². The standard InChI is InChI=1S/C11H9I3N2O4.C6H8O6/c1-3(17)15-9-6(12)5(11(19)20)7(13)10(8(9)14)16-4(2)18;7-1-2(8)5-3(9)4(10)6(11)12-5/h1-2H3,(H,15,17)(H,16,18)(H,19,20);2,5,7-10H,1H2/t;2-,5+/m.0/s1. The summed E-state index contributed by atoms with van der Waals surface area (Å²) in [5, 5.41) is 49.6. The van der Waals surface area contributed by atoms with Crippen LogP contribution in [0.15, 0.2) is 11.5 Å². The number of amides is 2. The summed E-state index contributed by atoms with van der Waals surface area (Å²) in [5.41, 5.74) is 0.833. The molecule has 7 N–H and O–H groups in total. The van der Waals surface area contributed by atoms with E-state index in [0.29, 0.717) is 22.1 Å². The monoisotopic (exact) mass is 790 g/mol. The Morgan fingerprint density at radius 1 is 1.00 bits per heavy atom. The Morgan fingerprint density at radius 3 is 1.72 bits per heavy atom. The summed E-state index contributed by atoms with van der Waals surface area (Å²) < 4.78 is 5.75. The normalized spacial score (nSPS) is 16.0. The number of anilines is 2. The third-order valence-electron chi connectivity index (χ3n) is 3.61. The second-order valence-corrected chi connectivity index (χ2v) is 9.28. The fraction of sp³-hybridized carbons (Fsp3) is 0.294. The fourth-order valence-electron chi connectivity index (χ4n) is 2.25. The summed E-state index contributed by atoms with van der Waals surface area (Å²) in [6.45, 7) is 2.00. The zero-order valence-electron chi connectivity index (χ0n) is 16.3. The van der Waals surface area contributed by atoms with Gasteiger partial charge in [-0.3, -0.25) is 9.59 Å². The van der Waals surface area contributed by atoms with Gasteiger partial charge in [-0.15, -0.1) is 0 Å². The number of aromatic carboxylic acids is 1. The van der Waals surface area contributed by atoms with Gasteiger partial charge >= 0.3 is 11.9 Å². The van der Waals surface area contributed by atoms with Gasteiger partial charge in [-0.25, -0.2) is 9.59 Å². The van der Waals surface area contributed by atoms with E-state index in [1.54, 1.807) is 0 Å². The van der Waals surface area contributed by atoms with Crippen molar-refractivity contribution in [2.75, 3.05) is 17.2 Å². The molecule has 0 radical (unpaired) electrons. The molecule has 0 fully saturated rings. The van der Waals surface area contributed by atoms with Gasteiger partial charge in [0.1, 0.15) is 6.10 Å². The smallest absolute Gasteiger partial charge is 0.377 e. The Morgan fingerprint density at radius 2 is 1.44 bits per heavy atom. The third kappa shape index (κ3) is 6.78. The van der Waals surface area contributed by atoms with Crippen LogP contribution in [0.3, 0.4) is 0 Å². The predicted octanol–water partition coefficient (Wildman–Crippen LogP) is 1.71. The average molecular weight is 790 g/mol. The number of hydrogen-bond acceptors (Lipinski definition) is 9. The van der Waals surface area contributed by atoms with Crippen molar-refractivity contribution in [3.8, 4) is 0 Å². The first-order chi connectivity index (χ1) is 14.7. The lowest BCUT2D eigenvalue weighted by atomic mass is 10.1. The van der Waals surface area contributed by atoms with Gasteiger partial charge in [0, 0.05) is 13.8 Å². The van der Waals surface area contributed by atoms with Crippen LogP contribution in [0.5, 0.6) is 0 Å². The number of carboxylic acid groups (broad SMARTS) is 1. The van der Waals surface area contributed by atoms with Gasteiger partial charge in [-0.05, 0) is 67.8 Å². The molecule has 2 amide bonds. The zero-order chi connectivity index (χ0) is 24.9. The summed E-state index contributed by atoms with van der Waals surface area (Å²) >= 11 is 5.71. The molecule has 2 rings (SSSR count). The highest BCUT2D eigenvalue weighted by molar-refractivity contribution is 14.1. The number of halogens is 3. The van der Waals surface area contributed by atoms with Gasteiger partial charge in [0.2, 0.25) is 17.6 Å². The van der Waals surface area contributed by atoms with Crippen LogP contribution in [-0.2, 0) is 19.1 Å². The topological polar surface area (TPSA) is 203 Å². The molecule has 15 heteroatoms. The number of aliphatic hydroxyl groups is 4. The molecule has 0 unspecified atom stereocenters. The molecule has 1 aromatic carbocycles. The van der Waals surface area contributed by atoms with E-state index in [9.17, 15) is 24.3 Å². The molecule has 2 atom stereocenters. The van der Waals surface area contributed by atoms with Gasteiger partial charge in [0.05, 0.1) is 34.3 Å². The van der Waals surface area contributed by atoms with Crippen LogP contribution in [0.2, 0.25) is 0 Å². The van der Waals surface area contributed by atoms with E-state index in [2.05, 4.69) is 15.4 Å². The fourth-order valence-corrected chi connectivity index (χ4v) is 6.41. The first kappa shape index (κ1) is 28.6. The SMILES string of the molecule is CC(=O)Nc1c(I)c(NC(C)=O)c(I)c(C(=O)O)c1I.O=C1O[C@H]([C@@H](O)CO)C(O)=C1O. The van der Waals surface area contributed by atoms with Gasteiger partial charge in [0.25, 0.3) is 0 Å². The Bertz CT molecular complexity index is 952. The van der Waals surface area contributed by atoms with Gasteiger partial charge in [-0.2, -0.15) is 0 Å². The maximum absolute atomic E-state index is 11.4. The van der Waals surface area contributed by atoms with Crippen LogP contribution in [0.1, 0.15) is 24.2 Å². The molecule has 1 heterocycles. The summed E-state index contributed by atoms with van der Waals surface area (Å²) in [5.74, 6) is -4.52. The summed E-state index contributed by atoms with van der Waals surface area (Å²) in [6, 6.07) is 0. The molecule has 32 heavy (non-hydrogen) atoms. The van der Waals surface area contributed by atoms with E-state index in [1.807, 2.05) is 67.8 Å². The highest BCUT2D eigenvalue weighted by Gasteiger charge is 2.38. The molecule has 1 aromatic rings. The van der Waals surface area contributed by atoms with Crippen molar-refractivity contribution in [2.24, 2.45) is 0 Å². The number of benzene rings is 1. The number of carboxylic acids is 1. The quantitative estimate of drug-likeness (QED) is 0.170. The molecule has 0 saturated heterocycles. The van der Waals surface area contributed by atoms with Gasteiger partial charge in [-0.1, -0.05) is 0 Å². The Hall–Kier alpha value is -1.45. The van der Waals surface area contributed by atoms with E-state index >= 15 is 0 Å². The Kier molecular flexibility index (Phi) is 10.8. The van der Waals surface area contributed by atoms with Crippen molar-refractivity contribution >= 4 is 103 Å². The predicted molar refractivity (Wildman–Crippen MR) is 135 cm³/mol. The molecular formula is C17H17I3N2O10. The lowest BCUT2D eigenvalue weighted by Gasteiger charge is -2.17. The van der Waals surface area contributed by atoms with E-state index in [1.165, 1.54) is 13.8 Å². The van der Waals surface area contributed by atoms with Crippen molar-refractivity contribution in [1.82, 2.24) is 0 Å². The molecule has 0 saturated carbocycles.